The average Bonchev–Trinajstić information content (AvgIpc) is 2.90. The third kappa shape index (κ3) is 2.95. The Hall–Kier alpha value is -1.94. The van der Waals surface area contributed by atoms with E-state index < -0.39 is 0 Å². The molecule has 0 fully saturated rings. The van der Waals surface area contributed by atoms with Crippen molar-refractivity contribution in [3.05, 3.63) is 52.3 Å². The van der Waals surface area contributed by atoms with Crippen LogP contribution in [-0.2, 0) is 6.54 Å². The summed E-state index contributed by atoms with van der Waals surface area (Å²) in [5.74, 6) is 0. The molecule has 2 amide bonds. The lowest BCUT2D eigenvalue weighted by Gasteiger charge is -2.37. The number of urea groups is 1. The number of benzene rings is 1. The zero-order valence-electron chi connectivity index (χ0n) is 13.8. The number of halogens is 1. The first-order valence-corrected chi connectivity index (χ1v) is 8.39. The fourth-order valence-corrected chi connectivity index (χ4v) is 3.57. The van der Waals surface area contributed by atoms with Crippen molar-refractivity contribution in [3.8, 4) is 0 Å². The lowest BCUT2D eigenvalue weighted by Crippen LogP contribution is -2.44. The van der Waals surface area contributed by atoms with Crippen molar-refractivity contribution in [3.63, 3.8) is 0 Å². The maximum atomic E-state index is 12.7. The molecule has 0 radical (unpaired) electrons. The van der Waals surface area contributed by atoms with E-state index in [2.05, 4.69) is 35.9 Å². The van der Waals surface area contributed by atoms with Crippen LogP contribution in [0.3, 0.4) is 0 Å². The summed E-state index contributed by atoms with van der Waals surface area (Å²) in [5.41, 5.74) is 4.20. The van der Waals surface area contributed by atoms with E-state index in [9.17, 15) is 4.79 Å². The van der Waals surface area contributed by atoms with Crippen LogP contribution >= 0.6 is 11.6 Å². The number of anilines is 1. The van der Waals surface area contributed by atoms with Gasteiger partial charge in [0.15, 0.2) is 0 Å². The Morgan fingerprint density at radius 3 is 2.74 bits per heavy atom. The molecule has 1 aromatic heterocycles. The number of nitrogens with zero attached hydrogens (tertiary/aromatic N) is 2. The number of hydrogen-bond acceptors (Lipinski definition) is 1. The molecule has 1 N–H and O–H groups in total. The summed E-state index contributed by atoms with van der Waals surface area (Å²) >= 11 is 6.23. The molecular formula is C18H22ClN3O. The lowest BCUT2D eigenvalue weighted by molar-refractivity contribution is 0.165. The van der Waals surface area contributed by atoms with Gasteiger partial charge < -0.3 is 14.8 Å². The third-order valence-electron chi connectivity index (χ3n) is 4.53. The second kappa shape index (κ2) is 6.28. The number of rotatable bonds is 2. The van der Waals surface area contributed by atoms with Crippen LogP contribution in [0.25, 0.3) is 0 Å². The van der Waals surface area contributed by atoms with Gasteiger partial charge >= 0.3 is 6.03 Å². The van der Waals surface area contributed by atoms with Crippen molar-refractivity contribution < 1.29 is 4.79 Å². The number of fused-ring (bicyclic) bond motifs is 1. The molecule has 1 aliphatic rings. The van der Waals surface area contributed by atoms with Crippen molar-refractivity contribution in [2.24, 2.45) is 0 Å². The highest BCUT2D eigenvalue weighted by Crippen LogP contribution is 2.31. The van der Waals surface area contributed by atoms with E-state index in [1.807, 2.05) is 30.0 Å². The summed E-state index contributed by atoms with van der Waals surface area (Å²) in [4.78, 5) is 14.6. The number of carbonyl (C=O) groups is 1. The highest BCUT2D eigenvalue weighted by Gasteiger charge is 2.30. The third-order valence-corrected chi connectivity index (χ3v) is 4.84. The van der Waals surface area contributed by atoms with Gasteiger partial charge in [-0.25, -0.2) is 4.79 Å². The van der Waals surface area contributed by atoms with Gasteiger partial charge in [-0.05, 0) is 50.1 Å². The van der Waals surface area contributed by atoms with E-state index in [4.69, 9.17) is 11.6 Å². The molecule has 0 aliphatic carbocycles. The van der Waals surface area contributed by atoms with Gasteiger partial charge in [0, 0.05) is 24.5 Å². The lowest BCUT2D eigenvalue weighted by atomic mass is 10.1. The number of carbonyl (C=O) groups excluding carboxylic acids is 1. The minimum Gasteiger partial charge on any atom is -0.345 e. The van der Waals surface area contributed by atoms with Crippen molar-refractivity contribution in [2.45, 2.75) is 39.8 Å². The van der Waals surface area contributed by atoms with E-state index >= 15 is 0 Å². The van der Waals surface area contributed by atoms with E-state index in [-0.39, 0.29) is 12.1 Å². The van der Waals surface area contributed by atoms with Crippen molar-refractivity contribution >= 4 is 23.3 Å². The second-order valence-corrected chi connectivity index (χ2v) is 6.49. The van der Waals surface area contributed by atoms with Crippen LogP contribution in [0, 0.1) is 13.8 Å². The van der Waals surface area contributed by atoms with Gasteiger partial charge in [-0.15, -0.1) is 0 Å². The van der Waals surface area contributed by atoms with Crippen molar-refractivity contribution in [1.82, 2.24) is 9.47 Å². The minimum absolute atomic E-state index is 0.0901. The smallest absolute Gasteiger partial charge is 0.322 e. The quantitative estimate of drug-likeness (QED) is 0.846. The number of amides is 2. The van der Waals surface area contributed by atoms with E-state index in [0.29, 0.717) is 17.3 Å². The molecule has 2 aromatic rings. The van der Waals surface area contributed by atoms with Gasteiger partial charge in [-0.2, -0.15) is 0 Å². The Balaban J connectivity index is 1.82. The van der Waals surface area contributed by atoms with Gasteiger partial charge in [0.05, 0.1) is 16.8 Å². The fourth-order valence-electron chi connectivity index (χ4n) is 3.29. The Morgan fingerprint density at radius 2 is 2.04 bits per heavy atom. The summed E-state index contributed by atoms with van der Waals surface area (Å²) in [5, 5.41) is 3.53. The normalized spacial score (nSPS) is 17.0. The molecule has 1 aliphatic heterocycles. The zero-order valence-corrected chi connectivity index (χ0v) is 14.5. The number of aryl methyl sites for hydroxylation is 2. The number of hydrogen-bond donors (Lipinski definition) is 1. The summed E-state index contributed by atoms with van der Waals surface area (Å²) in [6.45, 7) is 7.74. The molecule has 3 rings (SSSR count). The molecule has 5 heteroatoms. The van der Waals surface area contributed by atoms with Gasteiger partial charge in [-0.1, -0.05) is 24.6 Å². The molecule has 1 atom stereocenters. The SMILES string of the molecule is CC[C@@H]1c2ccc(C)n2CCN1C(=O)Nc1ccc(C)cc1Cl. The molecule has 0 bridgehead atoms. The molecule has 122 valence electrons. The van der Waals surface area contributed by atoms with Crippen molar-refractivity contribution in [1.29, 1.82) is 0 Å². The zero-order chi connectivity index (χ0) is 16.6. The maximum absolute atomic E-state index is 12.7. The Morgan fingerprint density at radius 1 is 1.26 bits per heavy atom. The first-order chi connectivity index (χ1) is 11.0. The highest BCUT2D eigenvalue weighted by atomic mass is 35.5. The Bertz CT molecular complexity index is 738. The Kier molecular flexibility index (Phi) is 4.35. The van der Waals surface area contributed by atoms with Gasteiger partial charge in [0.2, 0.25) is 0 Å². The molecule has 1 aromatic carbocycles. The van der Waals surface area contributed by atoms with E-state index in [1.165, 1.54) is 11.4 Å². The molecule has 0 saturated carbocycles. The summed E-state index contributed by atoms with van der Waals surface area (Å²) in [6, 6.07) is 9.92. The fraction of sp³-hybridized carbons (Fsp3) is 0.389. The molecule has 0 spiro atoms. The van der Waals surface area contributed by atoms with Gasteiger partial charge in [-0.3, -0.25) is 0 Å². The molecule has 0 saturated heterocycles. The van der Waals surface area contributed by atoms with Crippen LogP contribution in [0.15, 0.2) is 30.3 Å². The largest absolute Gasteiger partial charge is 0.345 e. The summed E-state index contributed by atoms with van der Waals surface area (Å²) in [7, 11) is 0. The molecule has 23 heavy (non-hydrogen) atoms. The first kappa shape index (κ1) is 15.9. The van der Waals surface area contributed by atoms with Crippen LogP contribution in [0.5, 0.6) is 0 Å². The highest BCUT2D eigenvalue weighted by molar-refractivity contribution is 6.33. The monoisotopic (exact) mass is 331 g/mol. The average molecular weight is 332 g/mol. The molecular weight excluding hydrogens is 310 g/mol. The van der Waals surface area contributed by atoms with E-state index in [1.54, 1.807) is 0 Å². The molecule has 0 unspecified atom stereocenters. The topological polar surface area (TPSA) is 37.3 Å². The summed E-state index contributed by atoms with van der Waals surface area (Å²) < 4.78 is 2.30. The Labute approximate surface area is 142 Å². The predicted octanol–water partition coefficient (Wildman–Crippen LogP) is 4.76. The summed E-state index contributed by atoms with van der Waals surface area (Å²) in [6.07, 6.45) is 0.887. The van der Waals surface area contributed by atoms with Crippen LogP contribution in [-0.4, -0.2) is 22.0 Å². The minimum atomic E-state index is -0.0901. The predicted molar refractivity (Wildman–Crippen MR) is 94.1 cm³/mol. The number of aromatic nitrogens is 1. The van der Waals surface area contributed by atoms with Crippen molar-refractivity contribution in [2.75, 3.05) is 11.9 Å². The standard InChI is InChI=1S/C18H22ClN3O/c1-4-16-17-8-6-13(3)21(17)9-10-22(16)18(23)20-15-7-5-12(2)11-14(15)19/h5-8,11,16H,4,9-10H2,1-3H3,(H,20,23)/t16-/m1/s1. The van der Waals surface area contributed by atoms with Gasteiger partial charge in [0.1, 0.15) is 0 Å². The van der Waals surface area contributed by atoms with Crippen LogP contribution < -0.4 is 5.32 Å². The van der Waals surface area contributed by atoms with E-state index in [0.717, 1.165) is 18.5 Å². The van der Waals surface area contributed by atoms with Crippen LogP contribution in [0.1, 0.15) is 36.3 Å². The van der Waals surface area contributed by atoms with Gasteiger partial charge in [0.25, 0.3) is 0 Å². The molecule has 4 nitrogen and oxygen atoms in total. The van der Waals surface area contributed by atoms with Crippen LogP contribution in [0.4, 0.5) is 10.5 Å². The maximum Gasteiger partial charge on any atom is 0.322 e. The first-order valence-electron chi connectivity index (χ1n) is 8.01. The number of nitrogens with one attached hydrogen (secondary N) is 1. The molecule has 2 heterocycles. The second-order valence-electron chi connectivity index (χ2n) is 6.08. The van der Waals surface area contributed by atoms with Crippen LogP contribution in [0.2, 0.25) is 5.02 Å².